The molecule has 0 saturated carbocycles. The van der Waals surface area contributed by atoms with Crippen LogP contribution in [-0.2, 0) is 14.3 Å². The Balaban J connectivity index is 1.68. The summed E-state index contributed by atoms with van der Waals surface area (Å²) >= 11 is 0. The van der Waals surface area contributed by atoms with Crippen LogP contribution < -0.4 is 0 Å². The second-order valence-corrected chi connectivity index (χ2v) is 9.67. The van der Waals surface area contributed by atoms with Gasteiger partial charge in [0, 0.05) is 12.5 Å². The van der Waals surface area contributed by atoms with Crippen molar-refractivity contribution in [3.63, 3.8) is 0 Å². The molecule has 3 rings (SSSR count). The Bertz CT molecular complexity index is 771. The molecule has 3 aliphatic rings. The van der Waals surface area contributed by atoms with Gasteiger partial charge in [-0.05, 0) is 47.0 Å². The third-order valence-corrected chi connectivity index (χ3v) is 6.21. The van der Waals surface area contributed by atoms with Crippen LogP contribution in [0.1, 0.15) is 53.9 Å². The first-order valence-electron chi connectivity index (χ1n) is 11.1. The number of aliphatic hydroxyl groups excluding tert-OH is 1. The molecule has 0 bridgehead atoms. The van der Waals surface area contributed by atoms with Crippen molar-refractivity contribution in [3.05, 3.63) is 24.3 Å². The molecule has 2 unspecified atom stereocenters. The average molecular weight is 435 g/mol. The summed E-state index contributed by atoms with van der Waals surface area (Å²) < 4.78 is 11.0. The number of carbonyl (C=O) groups is 3. The molecule has 2 saturated heterocycles. The number of allylic oxidation sites excluding steroid dienone is 3. The zero-order valence-corrected chi connectivity index (χ0v) is 19.0. The van der Waals surface area contributed by atoms with E-state index in [0.29, 0.717) is 19.4 Å². The lowest BCUT2D eigenvalue weighted by Gasteiger charge is -2.34. The quantitative estimate of drug-likeness (QED) is 0.730. The van der Waals surface area contributed by atoms with Crippen molar-refractivity contribution >= 4 is 18.1 Å². The van der Waals surface area contributed by atoms with Crippen molar-refractivity contribution in [2.45, 2.75) is 83.8 Å². The van der Waals surface area contributed by atoms with Crippen LogP contribution in [0.15, 0.2) is 24.3 Å². The highest BCUT2D eigenvalue weighted by atomic mass is 16.6. The van der Waals surface area contributed by atoms with E-state index in [2.05, 4.69) is 0 Å². The van der Waals surface area contributed by atoms with Crippen molar-refractivity contribution in [3.8, 4) is 0 Å². The summed E-state index contributed by atoms with van der Waals surface area (Å²) in [5.74, 6) is -1.35. The molecule has 1 aliphatic carbocycles. The predicted molar refractivity (Wildman–Crippen MR) is 114 cm³/mol. The second kappa shape index (κ2) is 9.02. The first kappa shape index (κ1) is 23.3. The Labute approximate surface area is 183 Å². The number of carbonyl (C=O) groups excluding carboxylic acids is 3. The van der Waals surface area contributed by atoms with Gasteiger partial charge >= 0.3 is 12.2 Å². The average Bonchev–Trinajstić information content (AvgIpc) is 3.30. The third kappa shape index (κ3) is 4.95. The van der Waals surface area contributed by atoms with Gasteiger partial charge in [0.25, 0.3) is 0 Å². The third-order valence-electron chi connectivity index (χ3n) is 6.21. The Hall–Kier alpha value is -2.35. The lowest BCUT2D eigenvalue weighted by molar-refractivity contribution is -0.138. The van der Waals surface area contributed by atoms with Gasteiger partial charge < -0.3 is 19.5 Å². The Morgan fingerprint density at radius 1 is 1.29 bits per heavy atom. The first-order chi connectivity index (χ1) is 14.5. The molecule has 1 N–H and O–H groups in total. The van der Waals surface area contributed by atoms with Crippen LogP contribution in [0, 0.1) is 11.8 Å². The van der Waals surface area contributed by atoms with Crippen LogP contribution in [0.4, 0.5) is 9.59 Å². The summed E-state index contributed by atoms with van der Waals surface area (Å²) in [5, 5.41) is 11.0. The number of ether oxygens (including phenoxy) is 2. The highest BCUT2D eigenvalue weighted by Gasteiger charge is 2.49. The highest BCUT2D eigenvalue weighted by Crippen LogP contribution is 2.32. The van der Waals surface area contributed by atoms with Crippen LogP contribution >= 0.6 is 0 Å². The number of aliphatic hydroxyl groups is 1. The van der Waals surface area contributed by atoms with E-state index in [4.69, 9.17) is 9.47 Å². The molecule has 2 aliphatic heterocycles. The van der Waals surface area contributed by atoms with E-state index in [1.54, 1.807) is 34.6 Å². The zero-order valence-electron chi connectivity index (χ0n) is 19.0. The van der Waals surface area contributed by atoms with Gasteiger partial charge in [0.1, 0.15) is 11.7 Å². The minimum atomic E-state index is -1.11. The number of likely N-dealkylation sites (tertiary alicyclic amines) is 1. The molecular formula is C23H34N2O6. The molecule has 0 aromatic carbocycles. The van der Waals surface area contributed by atoms with Crippen LogP contribution in [0.5, 0.6) is 0 Å². The van der Waals surface area contributed by atoms with Crippen LogP contribution in [-0.4, -0.2) is 69.4 Å². The number of cyclic esters (lactones) is 1. The largest absolute Gasteiger partial charge is 0.444 e. The van der Waals surface area contributed by atoms with Crippen molar-refractivity contribution in [2.24, 2.45) is 11.8 Å². The minimum Gasteiger partial charge on any atom is -0.444 e. The fourth-order valence-corrected chi connectivity index (χ4v) is 4.56. The molecule has 2 fully saturated rings. The van der Waals surface area contributed by atoms with Gasteiger partial charge in [-0.1, -0.05) is 31.2 Å². The molecular weight excluding hydrogens is 400 g/mol. The van der Waals surface area contributed by atoms with Gasteiger partial charge in [0.05, 0.1) is 24.1 Å². The van der Waals surface area contributed by atoms with E-state index in [0.717, 1.165) is 11.3 Å². The zero-order chi connectivity index (χ0) is 22.9. The van der Waals surface area contributed by atoms with E-state index in [9.17, 15) is 19.5 Å². The smallest absolute Gasteiger partial charge is 0.417 e. The molecule has 0 aromatic rings. The normalized spacial score (nSPS) is 30.3. The van der Waals surface area contributed by atoms with Gasteiger partial charge in [-0.3, -0.25) is 4.79 Å². The SMILES string of the molecule is CC1[C@H](C2C=CC=CC2)OC(=O)N1C(=O)[C@H](C)[C@@H](O)[C@@H]1CCCN1C(=O)OC(C)(C)C. The lowest BCUT2D eigenvalue weighted by atomic mass is 9.90. The number of hydrogen-bond acceptors (Lipinski definition) is 6. The molecule has 6 atom stereocenters. The molecule has 0 radical (unpaired) electrons. The van der Waals surface area contributed by atoms with Crippen LogP contribution in [0.25, 0.3) is 0 Å². The Morgan fingerprint density at radius 2 is 2.00 bits per heavy atom. The second-order valence-electron chi connectivity index (χ2n) is 9.67. The summed E-state index contributed by atoms with van der Waals surface area (Å²) in [6, 6.07) is -0.980. The molecule has 0 aromatic heterocycles. The van der Waals surface area contributed by atoms with Gasteiger partial charge in [0.15, 0.2) is 0 Å². The van der Waals surface area contributed by atoms with Crippen LogP contribution in [0.3, 0.4) is 0 Å². The fraction of sp³-hybridized carbons (Fsp3) is 0.696. The number of amides is 3. The number of hydrogen-bond donors (Lipinski definition) is 1. The lowest BCUT2D eigenvalue weighted by Crippen LogP contribution is -2.52. The molecule has 0 spiro atoms. The molecule has 2 heterocycles. The van der Waals surface area contributed by atoms with Crippen molar-refractivity contribution in [1.82, 2.24) is 9.80 Å². The van der Waals surface area contributed by atoms with Crippen molar-refractivity contribution in [2.75, 3.05) is 6.54 Å². The Morgan fingerprint density at radius 3 is 2.61 bits per heavy atom. The summed E-state index contributed by atoms with van der Waals surface area (Å²) in [6.07, 6.45) is 7.16. The minimum absolute atomic E-state index is 0.0134. The molecule has 172 valence electrons. The van der Waals surface area contributed by atoms with E-state index in [1.807, 2.05) is 24.3 Å². The van der Waals surface area contributed by atoms with Gasteiger partial charge in [-0.2, -0.15) is 0 Å². The topological polar surface area (TPSA) is 96.4 Å². The first-order valence-corrected chi connectivity index (χ1v) is 11.1. The van der Waals surface area contributed by atoms with E-state index in [-0.39, 0.29) is 5.92 Å². The summed E-state index contributed by atoms with van der Waals surface area (Å²) in [4.78, 5) is 40.9. The summed E-state index contributed by atoms with van der Waals surface area (Å²) in [7, 11) is 0. The fourth-order valence-electron chi connectivity index (χ4n) is 4.56. The highest BCUT2D eigenvalue weighted by molar-refractivity contribution is 5.95. The standard InChI is InChI=1S/C23H34N2O6/c1-14(18(26)17-12-9-13-24(17)21(28)31-23(3,4)5)20(27)25-15(2)19(30-22(25)29)16-10-7-6-8-11-16/h6-8,10,14-19,26H,9,11-13H2,1-5H3/t14-,15?,16?,17+,18-,19-/m1/s1. The van der Waals surface area contributed by atoms with E-state index in [1.165, 1.54) is 4.90 Å². The van der Waals surface area contributed by atoms with Gasteiger partial charge in [-0.15, -0.1) is 0 Å². The molecule has 3 amide bonds. The van der Waals surface area contributed by atoms with Crippen molar-refractivity contribution < 1.29 is 29.0 Å². The monoisotopic (exact) mass is 434 g/mol. The maximum Gasteiger partial charge on any atom is 0.417 e. The number of imide groups is 1. The summed E-state index contributed by atoms with van der Waals surface area (Å²) in [6.45, 7) is 9.20. The van der Waals surface area contributed by atoms with Gasteiger partial charge in [0.2, 0.25) is 5.91 Å². The van der Waals surface area contributed by atoms with Crippen LogP contribution in [0.2, 0.25) is 0 Å². The van der Waals surface area contributed by atoms with Crippen molar-refractivity contribution in [1.29, 1.82) is 0 Å². The molecule has 8 nitrogen and oxygen atoms in total. The van der Waals surface area contributed by atoms with Gasteiger partial charge in [-0.25, -0.2) is 14.5 Å². The maximum atomic E-state index is 13.2. The summed E-state index contributed by atoms with van der Waals surface area (Å²) in [5.41, 5.74) is -0.650. The van der Waals surface area contributed by atoms with E-state index >= 15 is 0 Å². The molecule has 31 heavy (non-hydrogen) atoms. The number of rotatable bonds is 4. The van der Waals surface area contributed by atoms with E-state index < -0.39 is 53.9 Å². The molecule has 8 heteroatoms. The predicted octanol–water partition coefficient (Wildman–Crippen LogP) is 3.25. The Kier molecular flexibility index (Phi) is 6.79. The number of nitrogens with zero attached hydrogens (tertiary/aromatic N) is 2. The maximum absolute atomic E-state index is 13.2.